The van der Waals surface area contributed by atoms with Gasteiger partial charge in [-0.2, -0.15) is 4.98 Å². The number of hydrogen-bond donors (Lipinski definition) is 0. The monoisotopic (exact) mass is 333 g/mol. The highest BCUT2D eigenvalue weighted by atomic mass is 16.5. The van der Waals surface area contributed by atoms with E-state index >= 15 is 0 Å². The molecular formula is C20H19N3O2. The van der Waals surface area contributed by atoms with Crippen LogP contribution in [0.1, 0.15) is 40.7 Å². The van der Waals surface area contributed by atoms with Gasteiger partial charge in [0.05, 0.1) is 0 Å². The maximum atomic E-state index is 13.0. The van der Waals surface area contributed by atoms with Gasteiger partial charge in [-0.05, 0) is 31.4 Å². The maximum Gasteiger partial charge on any atom is 0.254 e. The van der Waals surface area contributed by atoms with Gasteiger partial charge >= 0.3 is 0 Å². The van der Waals surface area contributed by atoms with Crippen LogP contribution in [-0.2, 0) is 0 Å². The topological polar surface area (TPSA) is 59.2 Å². The third-order valence-corrected chi connectivity index (χ3v) is 4.65. The first kappa shape index (κ1) is 15.6. The second-order valence-electron chi connectivity index (χ2n) is 6.29. The Bertz CT molecular complexity index is 889. The first-order valence-electron chi connectivity index (χ1n) is 8.49. The van der Waals surface area contributed by atoms with E-state index in [1.165, 1.54) is 0 Å². The Kier molecular flexibility index (Phi) is 4.06. The molecular weight excluding hydrogens is 314 g/mol. The predicted molar refractivity (Wildman–Crippen MR) is 93.9 cm³/mol. The van der Waals surface area contributed by atoms with E-state index in [1.54, 1.807) is 0 Å². The van der Waals surface area contributed by atoms with Crippen LogP contribution < -0.4 is 0 Å². The number of aromatic nitrogens is 2. The van der Waals surface area contributed by atoms with Crippen molar-refractivity contribution in [3.63, 3.8) is 0 Å². The van der Waals surface area contributed by atoms with E-state index in [0.717, 1.165) is 29.5 Å². The lowest BCUT2D eigenvalue weighted by atomic mass is 10.1. The number of rotatable bonds is 3. The fourth-order valence-electron chi connectivity index (χ4n) is 3.31. The van der Waals surface area contributed by atoms with Gasteiger partial charge in [-0.1, -0.05) is 53.7 Å². The molecule has 5 nitrogen and oxygen atoms in total. The van der Waals surface area contributed by atoms with Crippen molar-refractivity contribution in [3.8, 4) is 11.4 Å². The average molecular weight is 333 g/mol. The quantitative estimate of drug-likeness (QED) is 0.726. The zero-order valence-electron chi connectivity index (χ0n) is 14.1. The molecule has 0 aliphatic carbocycles. The number of aryl methyl sites for hydroxylation is 1. The Hall–Kier alpha value is -2.95. The van der Waals surface area contributed by atoms with Crippen molar-refractivity contribution >= 4 is 5.91 Å². The molecule has 1 fully saturated rings. The highest BCUT2D eigenvalue weighted by Crippen LogP contribution is 2.33. The summed E-state index contributed by atoms with van der Waals surface area (Å²) in [6.07, 6.45) is 1.78. The summed E-state index contributed by atoms with van der Waals surface area (Å²) in [4.78, 5) is 19.4. The number of nitrogens with zero attached hydrogens (tertiary/aromatic N) is 3. The Labute approximate surface area is 146 Å². The SMILES string of the molecule is Cc1ccccc1C(=O)N1CCCC1c1nc(-c2ccccc2)no1. The molecule has 1 aliphatic heterocycles. The molecule has 1 atom stereocenters. The summed E-state index contributed by atoms with van der Waals surface area (Å²) in [5.41, 5.74) is 2.62. The smallest absolute Gasteiger partial charge is 0.254 e. The Morgan fingerprint density at radius 1 is 1.12 bits per heavy atom. The average Bonchev–Trinajstić information content (AvgIpc) is 3.31. The minimum atomic E-state index is -0.155. The van der Waals surface area contributed by atoms with Crippen LogP contribution in [0.15, 0.2) is 59.1 Å². The Morgan fingerprint density at radius 2 is 1.88 bits per heavy atom. The van der Waals surface area contributed by atoms with Crippen molar-refractivity contribution in [2.24, 2.45) is 0 Å². The number of carbonyl (C=O) groups is 1. The number of carbonyl (C=O) groups excluding carboxylic acids is 1. The normalized spacial score (nSPS) is 17.0. The highest BCUT2D eigenvalue weighted by Gasteiger charge is 2.35. The van der Waals surface area contributed by atoms with E-state index in [4.69, 9.17) is 4.52 Å². The largest absolute Gasteiger partial charge is 0.337 e. The summed E-state index contributed by atoms with van der Waals surface area (Å²) in [5, 5.41) is 4.09. The maximum absolute atomic E-state index is 13.0. The molecule has 1 amide bonds. The molecule has 126 valence electrons. The summed E-state index contributed by atoms with van der Waals surface area (Å²) in [6.45, 7) is 2.67. The molecule has 5 heteroatoms. The van der Waals surface area contributed by atoms with Gasteiger partial charge in [-0.25, -0.2) is 0 Å². The Morgan fingerprint density at radius 3 is 2.68 bits per heavy atom. The summed E-state index contributed by atoms with van der Waals surface area (Å²) < 4.78 is 5.49. The molecule has 3 aromatic rings. The van der Waals surface area contributed by atoms with Gasteiger partial charge in [0.2, 0.25) is 11.7 Å². The number of likely N-dealkylation sites (tertiary alicyclic amines) is 1. The molecule has 1 saturated heterocycles. The van der Waals surface area contributed by atoms with Gasteiger partial charge in [0.25, 0.3) is 5.91 Å². The van der Waals surface area contributed by atoms with Gasteiger partial charge in [0, 0.05) is 17.7 Å². The van der Waals surface area contributed by atoms with Crippen LogP contribution in [-0.4, -0.2) is 27.5 Å². The minimum absolute atomic E-state index is 0.0278. The highest BCUT2D eigenvalue weighted by molar-refractivity contribution is 5.96. The van der Waals surface area contributed by atoms with Crippen LogP contribution in [0.4, 0.5) is 0 Å². The van der Waals surface area contributed by atoms with Crippen molar-refractivity contribution in [1.29, 1.82) is 0 Å². The van der Waals surface area contributed by atoms with Crippen LogP contribution in [0.5, 0.6) is 0 Å². The van der Waals surface area contributed by atoms with Crippen molar-refractivity contribution in [3.05, 3.63) is 71.6 Å². The molecule has 1 aromatic heterocycles. The second-order valence-corrected chi connectivity index (χ2v) is 6.29. The fraction of sp³-hybridized carbons (Fsp3) is 0.250. The van der Waals surface area contributed by atoms with E-state index in [-0.39, 0.29) is 11.9 Å². The lowest BCUT2D eigenvalue weighted by Gasteiger charge is -2.22. The van der Waals surface area contributed by atoms with Crippen LogP contribution in [0.25, 0.3) is 11.4 Å². The lowest BCUT2D eigenvalue weighted by molar-refractivity contribution is 0.0709. The molecule has 4 rings (SSSR count). The summed E-state index contributed by atoms with van der Waals surface area (Å²) >= 11 is 0. The van der Waals surface area contributed by atoms with E-state index in [9.17, 15) is 4.79 Å². The summed E-state index contributed by atoms with van der Waals surface area (Å²) in [7, 11) is 0. The van der Waals surface area contributed by atoms with Crippen molar-refractivity contribution in [1.82, 2.24) is 15.0 Å². The van der Waals surface area contributed by atoms with Gasteiger partial charge in [0.1, 0.15) is 6.04 Å². The van der Waals surface area contributed by atoms with Crippen LogP contribution in [0.3, 0.4) is 0 Å². The predicted octanol–water partition coefficient (Wildman–Crippen LogP) is 4.02. The summed E-state index contributed by atoms with van der Waals surface area (Å²) in [6, 6.07) is 17.2. The molecule has 2 aromatic carbocycles. The van der Waals surface area contributed by atoms with E-state index in [0.29, 0.717) is 18.3 Å². The number of benzene rings is 2. The molecule has 2 heterocycles. The van der Waals surface area contributed by atoms with Gasteiger partial charge in [-0.3, -0.25) is 4.79 Å². The molecule has 0 radical (unpaired) electrons. The molecule has 1 aliphatic rings. The van der Waals surface area contributed by atoms with E-state index in [1.807, 2.05) is 66.4 Å². The molecule has 0 N–H and O–H groups in total. The summed E-state index contributed by atoms with van der Waals surface area (Å²) in [5.74, 6) is 1.10. The van der Waals surface area contributed by atoms with Gasteiger partial charge in [-0.15, -0.1) is 0 Å². The molecule has 0 saturated carbocycles. The second kappa shape index (κ2) is 6.51. The third kappa shape index (κ3) is 2.93. The fourth-order valence-corrected chi connectivity index (χ4v) is 3.31. The number of amides is 1. The van der Waals surface area contributed by atoms with Crippen molar-refractivity contribution in [2.45, 2.75) is 25.8 Å². The Balaban J connectivity index is 1.61. The van der Waals surface area contributed by atoms with Crippen molar-refractivity contribution < 1.29 is 9.32 Å². The molecule has 0 spiro atoms. The first-order chi connectivity index (χ1) is 12.2. The zero-order valence-corrected chi connectivity index (χ0v) is 14.1. The van der Waals surface area contributed by atoms with E-state index < -0.39 is 0 Å². The van der Waals surface area contributed by atoms with Gasteiger partial charge < -0.3 is 9.42 Å². The number of hydrogen-bond acceptors (Lipinski definition) is 4. The molecule has 0 bridgehead atoms. The van der Waals surface area contributed by atoms with Crippen molar-refractivity contribution in [2.75, 3.05) is 6.54 Å². The zero-order chi connectivity index (χ0) is 17.2. The third-order valence-electron chi connectivity index (χ3n) is 4.65. The van der Waals surface area contributed by atoms with Crippen LogP contribution >= 0.6 is 0 Å². The van der Waals surface area contributed by atoms with E-state index in [2.05, 4.69) is 10.1 Å². The van der Waals surface area contributed by atoms with Gasteiger partial charge in [0.15, 0.2) is 0 Å². The van der Waals surface area contributed by atoms with Crippen LogP contribution in [0, 0.1) is 6.92 Å². The molecule has 25 heavy (non-hydrogen) atoms. The standard InChI is InChI=1S/C20H19N3O2/c1-14-8-5-6-11-16(14)20(24)23-13-7-12-17(23)19-21-18(22-25-19)15-9-3-2-4-10-15/h2-6,8-11,17H,7,12-13H2,1H3. The molecule has 1 unspecified atom stereocenters. The lowest BCUT2D eigenvalue weighted by Crippen LogP contribution is -2.31. The van der Waals surface area contributed by atoms with Crippen LogP contribution in [0.2, 0.25) is 0 Å². The minimum Gasteiger partial charge on any atom is -0.337 e. The first-order valence-corrected chi connectivity index (χ1v) is 8.49.